The molecule has 0 aliphatic rings. The minimum Gasteiger partial charge on any atom is -0.577 e. The second kappa shape index (κ2) is 23.3. The van der Waals surface area contributed by atoms with Gasteiger partial charge in [-0.1, -0.05) is 0 Å². The predicted molar refractivity (Wildman–Crippen MR) is 243 cm³/mol. The van der Waals surface area contributed by atoms with Crippen molar-refractivity contribution in [1.82, 2.24) is 44.1 Å². The topological polar surface area (TPSA) is 56.9 Å². The maximum Gasteiger partial charge on any atom is 1.20 e. The molecule has 0 saturated heterocycles. The molecule has 12 nitrogen and oxygen atoms in total. The van der Waals surface area contributed by atoms with Crippen LogP contribution < -0.4 is 11.4 Å². The quantitative estimate of drug-likeness (QED) is 0.117. The van der Waals surface area contributed by atoms with Gasteiger partial charge < -0.3 is 55.5 Å². The highest BCUT2D eigenvalue weighted by Crippen LogP contribution is 2.35. The van der Waals surface area contributed by atoms with Crippen LogP contribution in [0.2, 0.25) is 0 Å². The van der Waals surface area contributed by atoms with E-state index >= 15 is 0 Å². The van der Waals surface area contributed by atoms with Crippen LogP contribution in [0.4, 0.5) is 0 Å². The molecular formula is C45H78AlN9O3. The highest BCUT2D eigenvalue weighted by atomic mass is 27.3. The Morgan fingerprint density at radius 3 is 0.569 bits per heavy atom. The van der Waals surface area contributed by atoms with Crippen molar-refractivity contribution >= 4 is 15.1 Å². The highest BCUT2D eigenvalue weighted by Gasteiger charge is 2.47. The minimum absolute atomic E-state index is 0.714. The lowest BCUT2D eigenvalue weighted by molar-refractivity contribution is 0.282. The minimum atomic E-state index is -3.13. The van der Waals surface area contributed by atoms with E-state index in [2.05, 4.69) is 207 Å². The summed E-state index contributed by atoms with van der Waals surface area (Å²) in [7, 11) is 38.1. The molecular weight excluding hydrogens is 742 g/mol. The standard InChI is InChI=1S/3C15H27N3O.Al/c3*1-16(2)9-12-7-13(10-17(3)4)15(19)14(8-12)11-18(5)6;/h3*7-8,19H,9-11H2,1-6H3;/q;;;+3/p-3. The largest absolute Gasteiger partial charge is 1.20 e. The summed E-state index contributed by atoms with van der Waals surface area (Å²) in [5.74, 6) is 2.55. The van der Waals surface area contributed by atoms with E-state index in [1.807, 2.05) is 0 Å². The first-order valence-electron chi connectivity index (χ1n) is 20.4. The predicted octanol–water partition coefficient (Wildman–Crippen LogP) is 4.76. The van der Waals surface area contributed by atoms with E-state index in [1.54, 1.807) is 0 Å². The smallest absolute Gasteiger partial charge is 0.577 e. The van der Waals surface area contributed by atoms with E-state index < -0.39 is 15.1 Å². The first-order chi connectivity index (χ1) is 27.1. The van der Waals surface area contributed by atoms with Crippen LogP contribution >= 0.6 is 0 Å². The van der Waals surface area contributed by atoms with Crippen LogP contribution in [0.1, 0.15) is 50.1 Å². The van der Waals surface area contributed by atoms with Gasteiger partial charge in [0.05, 0.1) is 17.2 Å². The van der Waals surface area contributed by atoms with Gasteiger partial charge in [0.2, 0.25) is 0 Å². The van der Waals surface area contributed by atoms with Crippen molar-refractivity contribution in [2.75, 3.05) is 127 Å². The third-order valence-corrected chi connectivity index (χ3v) is 10.3. The van der Waals surface area contributed by atoms with E-state index in [0.29, 0.717) is 39.3 Å². The first-order valence-corrected chi connectivity index (χ1v) is 21.8. The zero-order valence-electron chi connectivity index (χ0n) is 39.7. The molecule has 0 N–H and O–H groups in total. The van der Waals surface area contributed by atoms with E-state index in [-0.39, 0.29) is 0 Å². The Bertz CT molecular complexity index is 1440. The Labute approximate surface area is 358 Å². The lowest BCUT2D eigenvalue weighted by Gasteiger charge is -2.29. The van der Waals surface area contributed by atoms with Gasteiger partial charge in [0.1, 0.15) is 0 Å². The van der Waals surface area contributed by atoms with Crippen molar-refractivity contribution in [1.29, 1.82) is 0 Å². The molecule has 58 heavy (non-hydrogen) atoms. The van der Waals surface area contributed by atoms with E-state index in [1.165, 1.54) is 16.7 Å². The van der Waals surface area contributed by atoms with Crippen LogP contribution in [0.3, 0.4) is 0 Å². The van der Waals surface area contributed by atoms with Crippen LogP contribution in [0.25, 0.3) is 0 Å². The number of hydrogen-bond donors (Lipinski definition) is 0. The molecule has 3 aromatic rings. The van der Waals surface area contributed by atoms with Crippen LogP contribution in [-0.2, 0) is 58.9 Å². The van der Waals surface area contributed by atoms with E-state index in [9.17, 15) is 0 Å². The Kier molecular flexibility index (Phi) is 19.9. The summed E-state index contributed by atoms with van der Waals surface area (Å²) in [6.07, 6.45) is 0. The molecule has 0 heterocycles. The summed E-state index contributed by atoms with van der Waals surface area (Å²) in [6, 6.07) is 13.8. The molecule has 3 rings (SSSR count). The second-order valence-electron chi connectivity index (χ2n) is 18.5. The van der Waals surface area contributed by atoms with Gasteiger partial charge in [0.15, 0.2) is 0 Å². The maximum atomic E-state index is 7.43. The van der Waals surface area contributed by atoms with Gasteiger partial charge in [-0.2, -0.15) is 0 Å². The van der Waals surface area contributed by atoms with Gasteiger partial charge in [-0.25, -0.2) is 0 Å². The maximum absolute atomic E-state index is 7.43. The fourth-order valence-corrected chi connectivity index (χ4v) is 9.04. The first kappa shape index (κ1) is 49.6. The molecule has 0 saturated carbocycles. The van der Waals surface area contributed by atoms with Gasteiger partial charge >= 0.3 is 15.1 Å². The zero-order valence-corrected chi connectivity index (χ0v) is 40.8. The molecule has 0 aromatic heterocycles. The molecule has 0 aliphatic carbocycles. The summed E-state index contributed by atoms with van der Waals surface area (Å²) < 4.78 is 22.3. The lowest BCUT2D eigenvalue weighted by Crippen LogP contribution is -2.39. The average molecular weight is 820 g/mol. The van der Waals surface area contributed by atoms with Crippen molar-refractivity contribution < 1.29 is 11.4 Å². The fraction of sp³-hybridized carbons (Fsp3) is 0.600. The summed E-state index contributed by atoms with van der Waals surface area (Å²) in [6.45, 7) is 6.78. The second-order valence-corrected chi connectivity index (χ2v) is 19.8. The van der Waals surface area contributed by atoms with Crippen molar-refractivity contribution in [2.45, 2.75) is 58.9 Å². The van der Waals surface area contributed by atoms with Crippen LogP contribution in [0.5, 0.6) is 17.2 Å². The van der Waals surface area contributed by atoms with Gasteiger partial charge in [-0.15, -0.1) is 0 Å². The normalized spacial score (nSPS) is 12.3. The SMILES string of the molecule is CN(C)Cc1cc(CN(C)C)c([O][Al]([O]c2c(CN(C)C)cc(CN(C)C)cc2CN(C)C)[O]c2c(CN(C)C)cc(CN(C)C)cc2CN(C)C)c(CN(C)C)c1. The Hall–Kier alpha value is -2.77. The monoisotopic (exact) mass is 820 g/mol. The Morgan fingerprint density at radius 1 is 0.276 bits per heavy atom. The molecule has 0 radical (unpaired) electrons. The number of benzene rings is 3. The highest BCUT2D eigenvalue weighted by molar-refractivity contribution is 6.39. The van der Waals surface area contributed by atoms with Crippen LogP contribution in [0, 0.1) is 0 Å². The molecule has 13 heteroatoms. The fourth-order valence-electron chi connectivity index (χ4n) is 7.41. The average Bonchev–Trinajstić information content (AvgIpc) is 3.03. The Morgan fingerprint density at radius 2 is 0.431 bits per heavy atom. The third-order valence-electron chi connectivity index (χ3n) is 8.97. The van der Waals surface area contributed by atoms with Crippen LogP contribution in [0.15, 0.2) is 36.4 Å². The molecule has 0 fully saturated rings. The summed E-state index contributed by atoms with van der Waals surface area (Å²) in [5, 5.41) is 0. The molecule has 3 aromatic carbocycles. The van der Waals surface area contributed by atoms with E-state index in [4.69, 9.17) is 11.4 Å². The van der Waals surface area contributed by atoms with Gasteiger partial charge in [0, 0.05) is 92.3 Å². The summed E-state index contributed by atoms with van der Waals surface area (Å²) in [4.78, 5) is 19.9. The number of nitrogens with zero attached hydrogens (tertiary/aromatic N) is 9. The Balaban J connectivity index is 2.45. The molecule has 0 amide bonds. The van der Waals surface area contributed by atoms with E-state index in [0.717, 1.165) is 70.3 Å². The van der Waals surface area contributed by atoms with Crippen molar-refractivity contribution in [3.05, 3.63) is 86.5 Å². The molecule has 0 aliphatic heterocycles. The number of rotatable bonds is 24. The summed E-state index contributed by atoms with van der Waals surface area (Å²) in [5.41, 5.74) is 10.5. The summed E-state index contributed by atoms with van der Waals surface area (Å²) >= 11 is -3.13. The molecule has 0 bridgehead atoms. The van der Waals surface area contributed by atoms with Gasteiger partial charge in [-0.05, 0) is 180 Å². The molecule has 0 unspecified atom stereocenters. The van der Waals surface area contributed by atoms with Crippen LogP contribution in [-0.4, -0.2) is 186 Å². The van der Waals surface area contributed by atoms with Crippen molar-refractivity contribution in [3.63, 3.8) is 0 Å². The molecule has 0 spiro atoms. The molecule has 324 valence electrons. The zero-order chi connectivity index (χ0) is 43.4. The lowest BCUT2D eigenvalue weighted by atomic mass is 10.0. The van der Waals surface area contributed by atoms with Crippen molar-refractivity contribution in [3.8, 4) is 17.2 Å². The van der Waals surface area contributed by atoms with Gasteiger partial charge in [-0.3, -0.25) is 0 Å². The third kappa shape index (κ3) is 16.7. The molecule has 0 atom stereocenters. The van der Waals surface area contributed by atoms with Crippen molar-refractivity contribution in [2.24, 2.45) is 0 Å². The number of hydrogen-bond acceptors (Lipinski definition) is 12. The van der Waals surface area contributed by atoms with Gasteiger partial charge in [0.25, 0.3) is 0 Å².